The van der Waals surface area contributed by atoms with Crippen LogP contribution in [0.3, 0.4) is 0 Å². The van der Waals surface area contributed by atoms with Gasteiger partial charge in [-0.2, -0.15) is 0 Å². The highest BCUT2D eigenvalue weighted by Crippen LogP contribution is 2.29. The van der Waals surface area contributed by atoms with E-state index in [-0.39, 0.29) is 23.9 Å². The maximum atomic E-state index is 11.4. The first-order valence-electron chi connectivity index (χ1n) is 6.07. The van der Waals surface area contributed by atoms with E-state index in [2.05, 4.69) is 0 Å². The average Bonchev–Trinajstić information content (AvgIpc) is 2.31. The van der Waals surface area contributed by atoms with Gasteiger partial charge in [-0.05, 0) is 24.6 Å². The van der Waals surface area contributed by atoms with Gasteiger partial charge in [0.05, 0.1) is 13.0 Å². The van der Waals surface area contributed by atoms with Gasteiger partial charge in [-0.15, -0.1) is 0 Å². The van der Waals surface area contributed by atoms with Crippen LogP contribution < -0.4 is 9.47 Å². The third-order valence-corrected chi connectivity index (χ3v) is 2.17. The van der Waals surface area contributed by atoms with E-state index in [1.54, 1.807) is 13.0 Å². The van der Waals surface area contributed by atoms with E-state index in [4.69, 9.17) is 14.2 Å². The van der Waals surface area contributed by atoms with Crippen LogP contribution in [-0.4, -0.2) is 24.5 Å². The quantitative estimate of drug-likeness (QED) is 0.602. The minimum absolute atomic E-state index is 0.0441. The van der Waals surface area contributed by atoms with Crippen LogP contribution >= 0.6 is 0 Å². The van der Waals surface area contributed by atoms with Crippen molar-refractivity contribution in [3.63, 3.8) is 0 Å². The zero-order valence-corrected chi connectivity index (χ0v) is 11.6. The van der Waals surface area contributed by atoms with Crippen LogP contribution in [0.2, 0.25) is 0 Å². The Hall–Kier alpha value is -2.37. The average molecular weight is 280 g/mol. The first-order chi connectivity index (χ1) is 9.42. The van der Waals surface area contributed by atoms with Gasteiger partial charge < -0.3 is 14.2 Å². The molecule has 0 saturated carbocycles. The normalized spacial score (nSPS) is 9.75. The lowest BCUT2D eigenvalue weighted by atomic mass is 10.1. The van der Waals surface area contributed by atoms with Crippen molar-refractivity contribution in [3.05, 3.63) is 23.8 Å². The lowest BCUT2D eigenvalue weighted by molar-refractivity contribution is -0.142. The molecule has 0 amide bonds. The van der Waals surface area contributed by atoms with Crippen LogP contribution in [-0.2, 0) is 25.5 Å². The standard InChI is InChI=1S/C14H16O6/c1-4-18-14(17)8-11-5-6-12(19-9(2)15)13(7-11)20-10(3)16/h5-7H,4,8H2,1-3H3. The van der Waals surface area contributed by atoms with Crippen molar-refractivity contribution in [3.8, 4) is 11.5 Å². The van der Waals surface area contributed by atoms with Gasteiger partial charge in [-0.1, -0.05) is 6.07 Å². The SMILES string of the molecule is CCOC(=O)Cc1ccc(OC(C)=O)c(OC(C)=O)c1. The van der Waals surface area contributed by atoms with Gasteiger partial charge in [-0.3, -0.25) is 14.4 Å². The molecule has 0 heterocycles. The molecule has 0 aliphatic carbocycles. The van der Waals surface area contributed by atoms with Gasteiger partial charge in [0.25, 0.3) is 0 Å². The van der Waals surface area contributed by atoms with Crippen LogP contribution in [0.5, 0.6) is 11.5 Å². The monoisotopic (exact) mass is 280 g/mol. The van der Waals surface area contributed by atoms with Gasteiger partial charge in [0.1, 0.15) is 0 Å². The molecule has 0 atom stereocenters. The molecule has 0 aliphatic rings. The predicted octanol–water partition coefficient (Wildman–Crippen LogP) is 1.64. The third kappa shape index (κ3) is 5.09. The lowest BCUT2D eigenvalue weighted by Crippen LogP contribution is -2.10. The highest BCUT2D eigenvalue weighted by molar-refractivity contribution is 5.75. The second-order valence-electron chi connectivity index (χ2n) is 3.95. The number of hydrogen-bond acceptors (Lipinski definition) is 6. The molecule has 1 aromatic carbocycles. The van der Waals surface area contributed by atoms with Gasteiger partial charge in [-0.25, -0.2) is 0 Å². The summed E-state index contributed by atoms with van der Waals surface area (Å²) < 4.78 is 14.7. The molecule has 0 fully saturated rings. The van der Waals surface area contributed by atoms with Gasteiger partial charge >= 0.3 is 17.9 Å². The highest BCUT2D eigenvalue weighted by Gasteiger charge is 2.13. The summed E-state index contributed by atoms with van der Waals surface area (Å²) in [6.07, 6.45) is 0.0441. The summed E-state index contributed by atoms with van der Waals surface area (Å²) in [4.78, 5) is 33.4. The van der Waals surface area contributed by atoms with Crippen molar-refractivity contribution in [1.29, 1.82) is 0 Å². The molecule has 6 nitrogen and oxygen atoms in total. The van der Waals surface area contributed by atoms with Crippen LogP contribution in [0, 0.1) is 0 Å². The number of esters is 3. The summed E-state index contributed by atoms with van der Waals surface area (Å²) >= 11 is 0. The first kappa shape index (κ1) is 15.7. The van der Waals surface area contributed by atoms with Crippen LogP contribution in [0.4, 0.5) is 0 Å². The van der Waals surface area contributed by atoms with E-state index >= 15 is 0 Å². The highest BCUT2D eigenvalue weighted by atomic mass is 16.6. The molecule has 0 unspecified atom stereocenters. The molecule has 6 heteroatoms. The second kappa shape index (κ2) is 7.28. The fourth-order valence-corrected chi connectivity index (χ4v) is 1.51. The minimum Gasteiger partial charge on any atom is -0.466 e. The largest absolute Gasteiger partial charge is 0.466 e. The first-order valence-corrected chi connectivity index (χ1v) is 6.07. The topological polar surface area (TPSA) is 78.9 Å². The molecular weight excluding hydrogens is 264 g/mol. The van der Waals surface area contributed by atoms with E-state index in [0.29, 0.717) is 12.2 Å². The summed E-state index contributed by atoms with van der Waals surface area (Å²) in [5, 5.41) is 0. The Labute approximate surface area is 116 Å². The van der Waals surface area contributed by atoms with Crippen molar-refractivity contribution in [2.45, 2.75) is 27.2 Å². The number of carbonyl (C=O) groups is 3. The molecule has 1 aromatic rings. The van der Waals surface area contributed by atoms with Gasteiger partial charge in [0.15, 0.2) is 11.5 Å². The zero-order valence-electron chi connectivity index (χ0n) is 11.6. The maximum absolute atomic E-state index is 11.4. The molecule has 20 heavy (non-hydrogen) atoms. The molecule has 0 bridgehead atoms. The molecule has 1 rings (SSSR count). The molecule has 0 spiro atoms. The molecular formula is C14H16O6. The fraction of sp³-hybridized carbons (Fsp3) is 0.357. The number of hydrogen-bond donors (Lipinski definition) is 0. The summed E-state index contributed by atoms with van der Waals surface area (Å²) in [6.45, 7) is 4.48. The molecule has 0 saturated heterocycles. The Morgan fingerprint density at radius 1 is 1.00 bits per heavy atom. The molecule has 0 N–H and O–H groups in total. The van der Waals surface area contributed by atoms with Crippen LogP contribution in [0.1, 0.15) is 26.3 Å². The Morgan fingerprint density at radius 3 is 2.15 bits per heavy atom. The van der Waals surface area contributed by atoms with Crippen molar-refractivity contribution >= 4 is 17.9 Å². The smallest absolute Gasteiger partial charge is 0.310 e. The Morgan fingerprint density at radius 2 is 1.60 bits per heavy atom. The van der Waals surface area contributed by atoms with E-state index < -0.39 is 11.9 Å². The van der Waals surface area contributed by atoms with Gasteiger partial charge in [0, 0.05) is 13.8 Å². The number of benzene rings is 1. The van der Waals surface area contributed by atoms with Crippen molar-refractivity contribution in [1.82, 2.24) is 0 Å². The van der Waals surface area contributed by atoms with Crippen LogP contribution in [0.15, 0.2) is 18.2 Å². The van der Waals surface area contributed by atoms with Crippen molar-refractivity contribution in [2.24, 2.45) is 0 Å². The van der Waals surface area contributed by atoms with E-state index in [0.717, 1.165) is 0 Å². The Bertz CT molecular complexity index is 520. The van der Waals surface area contributed by atoms with E-state index in [9.17, 15) is 14.4 Å². The molecule has 0 aliphatic heterocycles. The number of carbonyl (C=O) groups excluding carboxylic acids is 3. The minimum atomic E-state index is -0.549. The second-order valence-corrected chi connectivity index (χ2v) is 3.95. The number of ether oxygens (including phenoxy) is 3. The zero-order chi connectivity index (χ0) is 15.1. The summed E-state index contributed by atoms with van der Waals surface area (Å²) in [6, 6.07) is 4.53. The lowest BCUT2D eigenvalue weighted by Gasteiger charge is -2.10. The Balaban J connectivity index is 2.97. The molecule has 0 radical (unpaired) electrons. The Kier molecular flexibility index (Phi) is 5.71. The van der Waals surface area contributed by atoms with Crippen LogP contribution in [0.25, 0.3) is 0 Å². The van der Waals surface area contributed by atoms with Crippen molar-refractivity contribution in [2.75, 3.05) is 6.61 Å². The third-order valence-electron chi connectivity index (χ3n) is 2.17. The molecule has 108 valence electrons. The van der Waals surface area contributed by atoms with Crippen molar-refractivity contribution < 1.29 is 28.6 Å². The maximum Gasteiger partial charge on any atom is 0.310 e. The summed E-state index contributed by atoms with van der Waals surface area (Å²) in [5.74, 6) is -1.25. The predicted molar refractivity (Wildman–Crippen MR) is 69.4 cm³/mol. The fourth-order valence-electron chi connectivity index (χ4n) is 1.51. The summed E-state index contributed by atoms with van der Waals surface area (Å²) in [7, 11) is 0. The van der Waals surface area contributed by atoms with Gasteiger partial charge in [0.2, 0.25) is 0 Å². The van der Waals surface area contributed by atoms with E-state index in [1.807, 2.05) is 0 Å². The van der Waals surface area contributed by atoms with E-state index in [1.165, 1.54) is 26.0 Å². The number of rotatable bonds is 5. The molecule has 0 aromatic heterocycles. The summed E-state index contributed by atoms with van der Waals surface area (Å²) in [5.41, 5.74) is 0.593.